The van der Waals surface area contributed by atoms with Crippen molar-refractivity contribution in [2.24, 2.45) is 0 Å². The standard InChI is InChI=1S/C12H14N4O2S.C8H7NO4/c1-8-7-9(2)15-12(14-8)16-19(17,18)11-5-3-10(13)4-6-11;10-8(11)5-6-1-3-7(4-2-6)9(12)13/h3-7H,13H2,1-2H3,(H,14,15,16);1-4H,5H2,(H,10,11). The Morgan fingerprint density at radius 2 is 1.59 bits per heavy atom. The molecule has 0 bridgehead atoms. The number of nitrogens with zero attached hydrogens (tertiary/aromatic N) is 3. The summed E-state index contributed by atoms with van der Waals surface area (Å²) in [6, 6.07) is 13.1. The third-order valence-electron chi connectivity index (χ3n) is 3.90. The van der Waals surface area contributed by atoms with Crippen LogP contribution in [0.5, 0.6) is 0 Å². The lowest BCUT2D eigenvalue weighted by Gasteiger charge is -2.08. The molecule has 0 spiro atoms. The minimum atomic E-state index is -3.69. The van der Waals surface area contributed by atoms with Crippen molar-refractivity contribution in [1.82, 2.24) is 9.97 Å². The second-order valence-electron chi connectivity index (χ2n) is 6.64. The third kappa shape index (κ3) is 7.32. The van der Waals surface area contributed by atoms with Gasteiger partial charge < -0.3 is 10.8 Å². The molecule has 32 heavy (non-hydrogen) atoms. The second-order valence-corrected chi connectivity index (χ2v) is 8.33. The lowest BCUT2D eigenvalue weighted by atomic mass is 10.1. The first-order valence-corrected chi connectivity index (χ1v) is 10.6. The van der Waals surface area contributed by atoms with E-state index in [4.69, 9.17) is 10.8 Å². The van der Waals surface area contributed by atoms with Gasteiger partial charge in [0.25, 0.3) is 15.7 Å². The van der Waals surface area contributed by atoms with E-state index in [0.29, 0.717) is 22.6 Å². The van der Waals surface area contributed by atoms with Crippen molar-refractivity contribution >= 4 is 33.3 Å². The lowest BCUT2D eigenvalue weighted by molar-refractivity contribution is -0.384. The van der Waals surface area contributed by atoms with Crippen molar-refractivity contribution in [3.8, 4) is 0 Å². The molecule has 0 radical (unpaired) electrons. The summed E-state index contributed by atoms with van der Waals surface area (Å²) in [5.74, 6) is -0.886. The van der Waals surface area contributed by atoms with Gasteiger partial charge in [-0.05, 0) is 49.7 Å². The molecule has 1 aromatic heterocycles. The Hall–Kier alpha value is -4.06. The van der Waals surface area contributed by atoms with Gasteiger partial charge in [-0.3, -0.25) is 14.9 Å². The van der Waals surface area contributed by atoms with Crippen LogP contribution in [0.3, 0.4) is 0 Å². The quantitative estimate of drug-likeness (QED) is 0.284. The van der Waals surface area contributed by atoms with E-state index in [1.54, 1.807) is 19.9 Å². The Kier molecular flexibility index (Phi) is 7.80. The highest BCUT2D eigenvalue weighted by atomic mass is 32.2. The average Bonchev–Trinajstić information content (AvgIpc) is 2.67. The summed E-state index contributed by atoms with van der Waals surface area (Å²) in [4.78, 5) is 28.1. The number of nitrogens with two attached hydrogens (primary N) is 1. The minimum Gasteiger partial charge on any atom is -0.481 e. The number of nitrogens with one attached hydrogen (secondary N) is 1. The van der Waals surface area contributed by atoms with Gasteiger partial charge in [-0.15, -0.1) is 0 Å². The van der Waals surface area contributed by atoms with E-state index < -0.39 is 20.9 Å². The Morgan fingerprint density at radius 1 is 1.06 bits per heavy atom. The molecule has 0 aliphatic rings. The maximum absolute atomic E-state index is 12.1. The number of nitro benzene ring substituents is 1. The van der Waals surface area contributed by atoms with E-state index in [1.165, 1.54) is 48.5 Å². The topological polar surface area (TPSA) is 178 Å². The molecule has 12 heteroatoms. The first-order chi connectivity index (χ1) is 15.0. The Labute approximate surface area is 184 Å². The largest absolute Gasteiger partial charge is 0.481 e. The van der Waals surface area contributed by atoms with Crippen LogP contribution in [0.1, 0.15) is 17.0 Å². The summed E-state index contributed by atoms with van der Waals surface area (Å²) in [5.41, 5.74) is 7.94. The summed E-state index contributed by atoms with van der Waals surface area (Å²) >= 11 is 0. The second kappa shape index (κ2) is 10.3. The summed E-state index contributed by atoms with van der Waals surface area (Å²) in [6.07, 6.45) is -0.113. The van der Waals surface area contributed by atoms with Crippen LogP contribution in [0.15, 0.2) is 59.5 Å². The zero-order valence-electron chi connectivity index (χ0n) is 17.2. The van der Waals surface area contributed by atoms with Crippen LogP contribution >= 0.6 is 0 Å². The fraction of sp³-hybridized carbons (Fsp3) is 0.150. The molecule has 0 amide bonds. The number of rotatable bonds is 6. The highest BCUT2D eigenvalue weighted by molar-refractivity contribution is 7.92. The van der Waals surface area contributed by atoms with Crippen molar-refractivity contribution < 1.29 is 23.2 Å². The summed E-state index contributed by atoms with van der Waals surface area (Å²) < 4.78 is 26.6. The number of aryl methyl sites for hydroxylation is 2. The highest BCUT2D eigenvalue weighted by Crippen LogP contribution is 2.15. The summed E-state index contributed by atoms with van der Waals surface area (Å²) in [6.45, 7) is 3.55. The van der Waals surface area contributed by atoms with E-state index in [9.17, 15) is 23.3 Å². The molecule has 0 fully saturated rings. The highest BCUT2D eigenvalue weighted by Gasteiger charge is 2.15. The normalized spacial score (nSPS) is 10.6. The van der Waals surface area contributed by atoms with E-state index in [0.717, 1.165) is 0 Å². The van der Waals surface area contributed by atoms with Crippen LogP contribution in [0.25, 0.3) is 0 Å². The van der Waals surface area contributed by atoms with Crippen molar-refractivity contribution in [2.45, 2.75) is 25.2 Å². The van der Waals surface area contributed by atoms with Gasteiger partial charge in [-0.25, -0.2) is 23.1 Å². The summed E-state index contributed by atoms with van der Waals surface area (Å²) in [7, 11) is -3.69. The SMILES string of the molecule is Cc1cc(C)nc(NS(=O)(=O)c2ccc(N)cc2)n1.O=C(O)Cc1ccc([N+](=O)[O-])cc1. The maximum Gasteiger partial charge on any atom is 0.307 e. The van der Waals surface area contributed by atoms with Gasteiger partial charge in [0.2, 0.25) is 5.95 Å². The number of carbonyl (C=O) groups is 1. The number of nitrogen functional groups attached to an aromatic ring is 1. The average molecular weight is 459 g/mol. The van der Waals surface area contributed by atoms with Crippen molar-refractivity contribution in [3.63, 3.8) is 0 Å². The van der Waals surface area contributed by atoms with Gasteiger partial charge in [-0.1, -0.05) is 12.1 Å². The molecule has 3 rings (SSSR count). The number of aliphatic carboxylic acids is 1. The molecular formula is C20H21N5O6S. The summed E-state index contributed by atoms with van der Waals surface area (Å²) in [5, 5.41) is 18.6. The maximum atomic E-state index is 12.1. The Bertz CT molecular complexity index is 1190. The number of non-ortho nitro benzene ring substituents is 1. The van der Waals surface area contributed by atoms with E-state index >= 15 is 0 Å². The molecule has 3 aromatic rings. The monoisotopic (exact) mass is 459 g/mol. The van der Waals surface area contributed by atoms with Crippen molar-refractivity contribution in [3.05, 3.63) is 81.7 Å². The smallest absolute Gasteiger partial charge is 0.307 e. The number of sulfonamides is 1. The fourth-order valence-electron chi connectivity index (χ4n) is 2.51. The number of hydrogen-bond donors (Lipinski definition) is 3. The first kappa shape index (κ1) is 24.2. The lowest BCUT2D eigenvalue weighted by Crippen LogP contribution is -2.15. The van der Waals surface area contributed by atoms with Crippen molar-refractivity contribution in [1.29, 1.82) is 0 Å². The molecule has 168 valence electrons. The molecule has 0 atom stereocenters. The van der Waals surface area contributed by atoms with Crippen LogP contribution in [0.2, 0.25) is 0 Å². The Balaban J connectivity index is 0.000000244. The number of carboxylic acid groups (broad SMARTS) is 1. The molecule has 0 saturated carbocycles. The molecule has 0 aliphatic heterocycles. The van der Waals surface area contributed by atoms with Crippen LogP contribution in [0.4, 0.5) is 17.3 Å². The molecule has 4 N–H and O–H groups in total. The number of anilines is 2. The predicted molar refractivity (Wildman–Crippen MR) is 118 cm³/mol. The number of hydrogen-bond acceptors (Lipinski definition) is 8. The third-order valence-corrected chi connectivity index (χ3v) is 5.24. The van der Waals surface area contributed by atoms with Crippen molar-refractivity contribution in [2.75, 3.05) is 10.5 Å². The number of aromatic nitrogens is 2. The Morgan fingerprint density at radius 3 is 2.06 bits per heavy atom. The molecule has 0 unspecified atom stereocenters. The van der Waals surface area contributed by atoms with E-state index in [-0.39, 0.29) is 23.0 Å². The van der Waals surface area contributed by atoms with E-state index in [2.05, 4.69) is 14.7 Å². The van der Waals surface area contributed by atoms with Gasteiger partial charge >= 0.3 is 5.97 Å². The fourth-order valence-corrected chi connectivity index (χ4v) is 3.45. The molecule has 1 heterocycles. The minimum absolute atomic E-state index is 0.0332. The molecule has 2 aromatic carbocycles. The number of nitro groups is 1. The molecule has 0 saturated heterocycles. The zero-order chi connectivity index (χ0) is 23.9. The van der Waals surface area contributed by atoms with Crippen LogP contribution in [0, 0.1) is 24.0 Å². The van der Waals surface area contributed by atoms with Gasteiger partial charge in [0, 0.05) is 29.2 Å². The zero-order valence-corrected chi connectivity index (χ0v) is 18.0. The van der Waals surface area contributed by atoms with Crippen LogP contribution in [-0.4, -0.2) is 34.4 Å². The van der Waals surface area contributed by atoms with Gasteiger partial charge in [0.15, 0.2) is 0 Å². The first-order valence-electron chi connectivity index (χ1n) is 9.12. The van der Waals surface area contributed by atoms with Gasteiger partial charge in [-0.2, -0.15) is 0 Å². The number of benzene rings is 2. The predicted octanol–water partition coefficient (Wildman–Crippen LogP) is 2.70. The molecular weight excluding hydrogens is 438 g/mol. The van der Waals surface area contributed by atoms with Crippen LogP contribution < -0.4 is 10.5 Å². The van der Waals surface area contributed by atoms with Gasteiger partial charge in [0.1, 0.15) is 0 Å². The van der Waals surface area contributed by atoms with Gasteiger partial charge in [0.05, 0.1) is 16.2 Å². The van der Waals surface area contributed by atoms with E-state index in [1.807, 2.05) is 0 Å². The molecule has 11 nitrogen and oxygen atoms in total. The van der Waals surface area contributed by atoms with Crippen LogP contribution in [-0.2, 0) is 21.2 Å². The molecule has 0 aliphatic carbocycles. The number of carboxylic acids is 1.